The van der Waals surface area contributed by atoms with E-state index in [0.717, 1.165) is 18.7 Å². The molecule has 0 spiro atoms. The fourth-order valence-corrected chi connectivity index (χ4v) is 2.59. The monoisotopic (exact) mass is 334 g/mol. The molecule has 0 radical (unpaired) electrons. The number of hydrogen-bond donors (Lipinski definition) is 2. The van der Waals surface area contributed by atoms with Crippen molar-refractivity contribution in [2.45, 2.75) is 59.7 Å². The van der Waals surface area contributed by atoms with Crippen molar-refractivity contribution in [3.63, 3.8) is 0 Å². The molecule has 5 heteroatoms. The van der Waals surface area contributed by atoms with Gasteiger partial charge in [-0.15, -0.1) is 0 Å². The molecule has 0 heterocycles. The van der Waals surface area contributed by atoms with Crippen molar-refractivity contribution in [2.24, 2.45) is 5.92 Å². The minimum absolute atomic E-state index is 0.199. The Labute approximate surface area is 145 Å². The van der Waals surface area contributed by atoms with Crippen LogP contribution in [0.5, 0.6) is 0 Å². The maximum atomic E-state index is 12.3. The standard InChI is InChI=1S/C19H30N2O3/c1-6-21(14(4)5)12-15-7-9-16(10-8-15)18(22)20-17(19(23)24)11-13(2)3/h7-10,13-14,17H,6,11-12H2,1-5H3,(H,20,22)(H,23,24)/t17-/m1/s1. The molecule has 0 aromatic heterocycles. The molecule has 0 fully saturated rings. The fraction of sp³-hybridized carbons (Fsp3) is 0.579. The number of amides is 1. The third-order valence-electron chi connectivity index (χ3n) is 4.05. The number of aliphatic carboxylic acids is 1. The average Bonchev–Trinajstić information content (AvgIpc) is 2.51. The zero-order valence-electron chi connectivity index (χ0n) is 15.4. The van der Waals surface area contributed by atoms with Crippen LogP contribution in [0.4, 0.5) is 0 Å². The van der Waals surface area contributed by atoms with E-state index >= 15 is 0 Å². The maximum absolute atomic E-state index is 12.3. The van der Waals surface area contributed by atoms with Crippen molar-refractivity contribution in [3.05, 3.63) is 35.4 Å². The first-order valence-corrected chi connectivity index (χ1v) is 8.61. The third kappa shape index (κ3) is 6.32. The summed E-state index contributed by atoms with van der Waals surface area (Å²) in [5, 5.41) is 11.8. The quantitative estimate of drug-likeness (QED) is 0.728. The molecule has 134 valence electrons. The smallest absolute Gasteiger partial charge is 0.326 e. The van der Waals surface area contributed by atoms with Crippen LogP contribution < -0.4 is 5.32 Å². The highest BCUT2D eigenvalue weighted by molar-refractivity contribution is 5.96. The number of carbonyl (C=O) groups is 2. The second-order valence-electron chi connectivity index (χ2n) is 6.85. The van der Waals surface area contributed by atoms with Gasteiger partial charge >= 0.3 is 5.97 Å². The summed E-state index contributed by atoms with van der Waals surface area (Å²) < 4.78 is 0. The van der Waals surface area contributed by atoms with Crippen LogP contribution in [0.1, 0.15) is 57.0 Å². The van der Waals surface area contributed by atoms with Gasteiger partial charge in [-0.1, -0.05) is 32.9 Å². The lowest BCUT2D eigenvalue weighted by molar-refractivity contribution is -0.139. The number of rotatable bonds is 9. The van der Waals surface area contributed by atoms with Crippen molar-refractivity contribution in [3.8, 4) is 0 Å². The number of carboxylic acids is 1. The van der Waals surface area contributed by atoms with E-state index in [0.29, 0.717) is 18.0 Å². The molecule has 5 nitrogen and oxygen atoms in total. The highest BCUT2D eigenvalue weighted by Crippen LogP contribution is 2.11. The molecule has 0 bridgehead atoms. The van der Waals surface area contributed by atoms with E-state index in [1.165, 1.54) is 0 Å². The predicted molar refractivity (Wildman–Crippen MR) is 96.0 cm³/mol. The minimum Gasteiger partial charge on any atom is -0.480 e. The number of benzene rings is 1. The summed E-state index contributed by atoms with van der Waals surface area (Å²) >= 11 is 0. The second-order valence-corrected chi connectivity index (χ2v) is 6.85. The van der Waals surface area contributed by atoms with E-state index in [9.17, 15) is 14.7 Å². The Balaban J connectivity index is 2.73. The lowest BCUT2D eigenvalue weighted by Crippen LogP contribution is -2.41. The van der Waals surface area contributed by atoms with Crippen molar-refractivity contribution in [1.29, 1.82) is 0 Å². The summed E-state index contributed by atoms with van der Waals surface area (Å²) in [6.45, 7) is 12.1. The van der Waals surface area contributed by atoms with E-state index in [2.05, 4.69) is 31.0 Å². The Morgan fingerprint density at radius 1 is 1.12 bits per heavy atom. The Morgan fingerprint density at radius 3 is 2.12 bits per heavy atom. The van der Waals surface area contributed by atoms with Crippen LogP contribution in [0, 0.1) is 5.92 Å². The highest BCUT2D eigenvalue weighted by atomic mass is 16.4. The van der Waals surface area contributed by atoms with Gasteiger partial charge in [-0.25, -0.2) is 4.79 Å². The first-order valence-electron chi connectivity index (χ1n) is 8.61. The topological polar surface area (TPSA) is 69.6 Å². The van der Waals surface area contributed by atoms with Crippen molar-refractivity contribution in [2.75, 3.05) is 6.54 Å². The van der Waals surface area contributed by atoms with Crippen molar-refractivity contribution < 1.29 is 14.7 Å². The summed E-state index contributed by atoms with van der Waals surface area (Å²) in [6, 6.07) is 6.98. The molecule has 1 atom stereocenters. The third-order valence-corrected chi connectivity index (χ3v) is 4.05. The largest absolute Gasteiger partial charge is 0.480 e. The van der Waals surface area contributed by atoms with Crippen LogP contribution in [-0.4, -0.2) is 40.5 Å². The summed E-state index contributed by atoms with van der Waals surface area (Å²) in [6.07, 6.45) is 0.416. The molecule has 0 saturated heterocycles. The molecule has 24 heavy (non-hydrogen) atoms. The molecule has 0 aliphatic carbocycles. The van der Waals surface area contributed by atoms with Crippen LogP contribution in [0.15, 0.2) is 24.3 Å². The molecular weight excluding hydrogens is 304 g/mol. The Hall–Kier alpha value is -1.88. The number of carboxylic acid groups (broad SMARTS) is 1. The van der Waals surface area contributed by atoms with E-state index < -0.39 is 12.0 Å². The summed E-state index contributed by atoms with van der Waals surface area (Å²) in [4.78, 5) is 25.8. The molecule has 0 saturated carbocycles. The molecule has 1 rings (SSSR count). The average molecular weight is 334 g/mol. The SMILES string of the molecule is CCN(Cc1ccc(C(=O)N[C@H](CC(C)C)C(=O)O)cc1)C(C)C. The minimum atomic E-state index is -0.996. The molecule has 0 aliphatic rings. The van der Waals surface area contributed by atoms with Gasteiger partial charge in [-0.3, -0.25) is 9.69 Å². The maximum Gasteiger partial charge on any atom is 0.326 e. The normalized spacial score (nSPS) is 12.7. The van der Waals surface area contributed by atoms with Crippen LogP contribution in [0.25, 0.3) is 0 Å². The summed E-state index contributed by atoms with van der Waals surface area (Å²) in [5.74, 6) is -1.14. The van der Waals surface area contributed by atoms with E-state index in [1.807, 2.05) is 26.0 Å². The van der Waals surface area contributed by atoms with Crippen LogP contribution >= 0.6 is 0 Å². The second kappa shape index (κ2) is 9.42. The lowest BCUT2D eigenvalue weighted by atomic mass is 10.0. The molecule has 1 aromatic carbocycles. The number of hydrogen-bond acceptors (Lipinski definition) is 3. The number of carbonyl (C=O) groups excluding carboxylic acids is 1. The van der Waals surface area contributed by atoms with Crippen LogP contribution in [-0.2, 0) is 11.3 Å². The molecule has 2 N–H and O–H groups in total. The number of nitrogens with one attached hydrogen (secondary N) is 1. The first kappa shape index (κ1) is 20.2. The van der Waals surface area contributed by atoms with E-state index in [4.69, 9.17) is 0 Å². The van der Waals surface area contributed by atoms with Gasteiger partial charge in [0, 0.05) is 18.2 Å². The van der Waals surface area contributed by atoms with Crippen molar-refractivity contribution >= 4 is 11.9 Å². The number of nitrogens with zero attached hydrogens (tertiary/aromatic N) is 1. The molecule has 1 amide bonds. The summed E-state index contributed by atoms with van der Waals surface area (Å²) in [7, 11) is 0. The van der Waals surface area contributed by atoms with Gasteiger partial charge in [0.05, 0.1) is 0 Å². The van der Waals surface area contributed by atoms with Crippen molar-refractivity contribution in [1.82, 2.24) is 10.2 Å². The van der Waals surface area contributed by atoms with Gasteiger partial charge in [0.15, 0.2) is 0 Å². The zero-order valence-corrected chi connectivity index (χ0v) is 15.4. The Bertz CT molecular complexity index is 538. The predicted octanol–water partition coefficient (Wildman–Crippen LogP) is 3.15. The Morgan fingerprint density at radius 2 is 1.71 bits per heavy atom. The fourth-order valence-electron chi connectivity index (χ4n) is 2.59. The van der Waals surface area contributed by atoms with Gasteiger partial charge in [0.1, 0.15) is 6.04 Å². The molecule has 0 aliphatic heterocycles. The van der Waals surface area contributed by atoms with Crippen LogP contribution in [0.2, 0.25) is 0 Å². The van der Waals surface area contributed by atoms with Gasteiger partial charge in [-0.2, -0.15) is 0 Å². The van der Waals surface area contributed by atoms with E-state index in [-0.39, 0.29) is 11.8 Å². The van der Waals surface area contributed by atoms with Crippen LogP contribution in [0.3, 0.4) is 0 Å². The van der Waals surface area contributed by atoms with E-state index in [1.54, 1.807) is 12.1 Å². The van der Waals surface area contributed by atoms with Gasteiger partial charge < -0.3 is 10.4 Å². The summed E-state index contributed by atoms with van der Waals surface area (Å²) in [5.41, 5.74) is 1.63. The zero-order chi connectivity index (χ0) is 18.3. The molecule has 0 unspecified atom stereocenters. The van der Waals surface area contributed by atoms with Gasteiger partial charge in [0.25, 0.3) is 5.91 Å². The van der Waals surface area contributed by atoms with Gasteiger partial charge in [-0.05, 0) is 50.4 Å². The molecule has 1 aromatic rings. The Kier molecular flexibility index (Phi) is 7.92. The lowest BCUT2D eigenvalue weighted by Gasteiger charge is -2.24. The van der Waals surface area contributed by atoms with Gasteiger partial charge in [0.2, 0.25) is 0 Å². The highest BCUT2D eigenvalue weighted by Gasteiger charge is 2.21. The molecular formula is C19H30N2O3. The first-order chi connectivity index (χ1) is 11.2.